The number of hydrogen-bond acceptors (Lipinski definition) is 3. The van der Waals surface area contributed by atoms with Crippen molar-refractivity contribution < 1.29 is 14.3 Å². The van der Waals surface area contributed by atoms with Crippen LogP contribution in [0.5, 0.6) is 0 Å². The van der Waals surface area contributed by atoms with Crippen molar-refractivity contribution in [2.75, 3.05) is 19.4 Å². The molecule has 1 atom stereocenters. The topological polar surface area (TPSA) is 35.5 Å². The van der Waals surface area contributed by atoms with Crippen LogP contribution in [-0.2, 0) is 14.3 Å². The van der Waals surface area contributed by atoms with Crippen LogP contribution in [0.4, 0.5) is 0 Å². The average Bonchev–Trinajstić information content (AvgIpc) is 2.32. The van der Waals surface area contributed by atoms with Gasteiger partial charge in [-0.1, -0.05) is 32.0 Å². The normalized spacial score (nSPS) is 12.2. The first-order chi connectivity index (χ1) is 8.11. The summed E-state index contributed by atoms with van der Waals surface area (Å²) in [5.74, 6) is -0.274. The Bertz CT molecular complexity index is 229. The van der Waals surface area contributed by atoms with E-state index in [1.807, 2.05) is 6.92 Å². The Morgan fingerprint density at radius 1 is 1.29 bits per heavy atom. The molecule has 0 rings (SSSR count). The summed E-state index contributed by atoms with van der Waals surface area (Å²) in [7, 11) is -0.698. The second kappa shape index (κ2) is 10.5. The summed E-state index contributed by atoms with van der Waals surface area (Å²) < 4.78 is 10.5. The van der Waals surface area contributed by atoms with Gasteiger partial charge in [0.25, 0.3) is 0 Å². The van der Waals surface area contributed by atoms with Crippen LogP contribution in [0, 0.1) is 0 Å². The highest BCUT2D eigenvalue weighted by Crippen LogP contribution is 2.07. The molecule has 0 N–H and O–H groups in total. The quantitative estimate of drug-likeness (QED) is 0.261. The van der Waals surface area contributed by atoms with Gasteiger partial charge in [0.2, 0.25) is 0 Å². The van der Waals surface area contributed by atoms with Crippen molar-refractivity contribution >= 4 is 14.8 Å². The summed E-state index contributed by atoms with van der Waals surface area (Å²) in [6.07, 6.45) is 3.08. The molecule has 0 aromatic carbocycles. The molecule has 0 aliphatic carbocycles. The van der Waals surface area contributed by atoms with Gasteiger partial charge in [0.05, 0.1) is 15.4 Å². The predicted molar refractivity (Wildman–Crippen MR) is 73.9 cm³/mol. The zero-order valence-corrected chi connectivity index (χ0v) is 12.6. The van der Waals surface area contributed by atoms with Crippen molar-refractivity contribution in [3.8, 4) is 0 Å². The van der Waals surface area contributed by atoms with E-state index in [2.05, 4.69) is 13.5 Å². The van der Waals surface area contributed by atoms with E-state index in [1.54, 1.807) is 6.92 Å². The average molecular weight is 258 g/mol. The van der Waals surface area contributed by atoms with E-state index in [-0.39, 0.29) is 5.97 Å². The fraction of sp³-hybridized carbons (Fsp3) is 0.769. The zero-order chi connectivity index (χ0) is 13.1. The number of carbonyl (C=O) groups excluding carboxylic acids is 1. The minimum atomic E-state index is -0.698. The standard InChI is InChI=1S/C13H26O3Si/c1-5-15-11-17(6-2)10-8-7-9-16-13(14)12(3)4/h17H,3,5-11H2,1-2,4H3. The van der Waals surface area contributed by atoms with Crippen LogP contribution in [0.25, 0.3) is 0 Å². The van der Waals surface area contributed by atoms with Crippen LogP contribution < -0.4 is 0 Å². The summed E-state index contributed by atoms with van der Waals surface area (Å²) in [5.41, 5.74) is 0.474. The monoisotopic (exact) mass is 258 g/mol. The number of ether oxygens (including phenoxy) is 2. The molecule has 0 spiro atoms. The van der Waals surface area contributed by atoms with Gasteiger partial charge < -0.3 is 9.47 Å². The van der Waals surface area contributed by atoms with E-state index in [9.17, 15) is 4.79 Å². The van der Waals surface area contributed by atoms with Crippen LogP contribution >= 0.6 is 0 Å². The zero-order valence-electron chi connectivity index (χ0n) is 11.5. The highest BCUT2D eigenvalue weighted by Gasteiger charge is 2.08. The molecule has 0 aromatic rings. The first-order valence-corrected chi connectivity index (χ1v) is 8.97. The Morgan fingerprint density at radius 3 is 2.53 bits per heavy atom. The molecule has 3 nitrogen and oxygen atoms in total. The van der Waals surface area contributed by atoms with Crippen LogP contribution in [0.3, 0.4) is 0 Å². The number of unbranched alkanes of at least 4 members (excludes halogenated alkanes) is 1. The Hall–Kier alpha value is -0.613. The summed E-state index contributed by atoms with van der Waals surface area (Å²) in [4.78, 5) is 11.1. The molecule has 0 aliphatic heterocycles. The van der Waals surface area contributed by atoms with Crippen molar-refractivity contribution in [2.45, 2.75) is 45.7 Å². The largest absolute Gasteiger partial charge is 0.462 e. The Kier molecular flexibility index (Phi) is 10.2. The van der Waals surface area contributed by atoms with Gasteiger partial charge in [0.1, 0.15) is 0 Å². The van der Waals surface area contributed by atoms with Crippen molar-refractivity contribution in [1.82, 2.24) is 0 Å². The third-order valence-electron chi connectivity index (χ3n) is 2.72. The van der Waals surface area contributed by atoms with Crippen LogP contribution in [0.2, 0.25) is 12.1 Å². The Balaban J connectivity index is 3.48. The SMILES string of the molecule is C=C(C)C(=O)OCCCC[SiH](CC)COCC. The molecule has 0 saturated heterocycles. The first kappa shape index (κ1) is 16.4. The second-order valence-corrected chi connectivity index (χ2v) is 7.81. The van der Waals surface area contributed by atoms with Crippen molar-refractivity contribution in [3.05, 3.63) is 12.2 Å². The molecular formula is C13H26O3Si. The molecule has 0 heterocycles. The molecule has 0 aliphatic rings. The van der Waals surface area contributed by atoms with E-state index in [0.29, 0.717) is 12.2 Å². The molecule has 0 aromatic heterocycles. The van der Waals surface area contributed by atoms with Gasteiger partial charge in [-0.3, -0.25) is 0 Å². The van der Waals surface area contributed by atoms with E-state index in [0.717, 1.165) is 25.7 Å². The smallest absolute Gasteiger partial charge is 0.333 e. The van der Waals surface area contributed by atoms with Gasteiger partial charge in [-0.15, -0.1) is 0 Å². The molecule has 0 bridgehead atoms. The Morgan fingerprint density at radius 2 is 2.00 bits per heavy atom. The molecule has 0 radical (unpaired) electrons. The molecule has 1 unspecified atom stereocenters. The van der Waals surface area contributed by atoms with E-state index in [1.165, 1.54) is 12.1 Å². The predicted octanol–water partition coefficient (Wildman–Crippen LogP) is 2.71. The van der Waals surface area contributed by atoms with Crippen LogP contribution in [0.1, 0.15) is 33.6 Å². The lowest BCUT2D eigenvalue weighted by Crippen LogP contribution is -2.19. The minimum Gasteiger partial charge on any atom is -0.462 e. The third kappa shape index (κ3) is 9.12. The minimum absolute atomic E-state index is 0.274. The number of hydrogen-bond donors (Lipinski definition) is 0. The Labute approximate surface area is 107 Å². The number of carbonyl (C=O) groups is 1. The fourth-order valence-electron chi connectivity index (χ4n) is 1.51. The third-order valence-corrected chi connectivity index (χ3v) is 5.81. The van der Waals surface area contributed by atoms with Gasteiger partial charge in [-0.2, -0.15) is 0 Å². The maximum Gasteiger partial charge on any atom is 0.333 e. The number of esters is 1. The molecule has 4 heteroatoms. The van der Waals surface area contributed by atoms with Gasteiger partial charge in [-0.25, -0.2) is 4.79 Å². The van der Waals surface area contributed by atoms with Gasteiger partial charge in [0, 0.05) is 18.4 Å². The molecule has 0 amide bonds. The lowest BCUT2D eigenvalue weighted by atomic mass is 10.3. The van der Waals surface area contributed by atoms with E-state index in [4.69, 9.17) is 9.47 Å². The molecule has 0 saturated carbocycles. The summed E-state index contributed by atoms with van der Waals surface area (Å²) >= 11 is 0. The summed E-state index contributed by atoms with van der Waals surface area (Å²) in [5, 5.41) is 0. The molecule has 100 valence electrons. The van der Waals surface area contributed by atoms with Gasteiger partial charge in [0.15, 0.2) is 0 Å². The summed E-state index contributed by atoms with van der Waals surface area (Å²) in [6.45, 7) is 10.8. The highest BCUT2D eigenvalue weighted by atomic mass is 28.3. The lowest BCUT2D eigenvalue weighted by molar-refractivity contribution is -0.139. The van der Waals surface area contributed by atoms with Crippen LogP contribution in [0.15, 0.2) is 12.2 Å². The highest BCUT2D eigenvalue weighted by molar-refractivity contribution is 6.58. The molecular weight excluding hydrogens is 232 g/mol. The number of rotatable bonds is 10. The first-order valence-electron chi connectivity index (χ1n) is 6.52. The lowest BCUT2D eigenvalue weighted by Gasteiger charge is -2.12. The van der Waals surface area contributed by atoms with E-state index < -0.39 is 8.80 Å². The van der Waals surface area contributed by atoms with Gasteiger partial charge in [-0.05, 0) is 20.3 Å². The van der Waals surface area contributed by atoms with Gasteiger partial charge >= 0.3 is 5.97 Å². The van der Waals surface area contributed by atoms with Crippen molar-refractivity contribution in [3.63, 3.8) is 0 Å². The fourth-order valence-corrected chi connectivity index (χ4v) is 3.76. The van der Waals surface area contributed by atoms with E-state index >= 15 is 0 Å². The summed E-state index contributed by atoms with van der Waals surface area (Å²) in [6, 6.07) is 2.56. The van der Waals surface area contributed by atoms with Crippen molar-refractivity contribution in [1.29, 1.82) is 0 Å². The maximum absolute atomic E-state index is 11.1. The molecule has 0 fully saturated rings. The molecule has 17 heavy (non-hydrogen) atoms. The maximum atomic E-state index is 11.1. The van der Waals surface area contributed by atoms with Crippen LogP contribution in [-0.4, -0.2) is 34.2 Å². The second-order valence-electron chi connectivity index (χ2n) is 4.35. The van der Waals surface area contributed by atoms with Crippen molar-refractivity contribution in [2.24, 2.45) is 0 Å².